The van der Waals surface area contributed by atoms with Crippen LogP contribution in [0.4, 0.5) is 10.1 Å². The number of halogens is 1. The highest BCUT2D eigenvalue weighted by atomic mass is 32.2. The Morgan fingerprint density at radius 2 is 1.83 bits per heavy atom. The maximum absolute atomic E-state index is 14.2. The molecule has 1 heterocycles. The van der Waals surface area contributed by atoms with Crippen LogP contribution < -0.4 is 5.32 Å². The van der Waals surface area contributed by atoms with Crippen LogP contribution in [0.15, 0.2) is 35.2 Å². The van der Waals surface area contributed by atoms with E-state index in [4.69, 9.17) is 0 Å². The molecule has 0 atom stereocenters. The highest BCUT2D eigenvalue weighted by molar-refractivity contribution is 7.89. The SMILES string of the molecule is Cc1cc(C(=O)Nc2ccc(F)c(-n3nnnc3C)c2)cc(S(=O)(=O)N(C)C)c1C. The van der Waals surface area contributed by atoms with Gasteiger partial charge in [0.25, 0.3) is 5.91 Å². The second-order valence-corrected chi connectivity index (χ2v) is 9.08. The number of benzene rings is 2. The fourth-order valence-corrected chi connectivity index (χ4v) is 4.05. The molecule has 158 valence electrons. The first-order chi connectivity index (χ1) is 14.0. The number of rotatable bonds is 5. The Hall–Kier alpha value is -3.18. The summed E-state index contributed by atoms with van der Waals surface area (Å²) in [5, 5.41) is 13.6. The molecule has 0 aliphatic heterocycles. The summed E-state index contributed by atoms with van der Waals surface area (Å²) in [5.41, 5.74) is 1.78. The number of tetrazole rings is 1. The molecule has 1 amide bonds. The topological polar surface area (TPSA) is 110 Å². The number of nitrogens with zero attached hydrogens (tertiary/aromatic N) is 5. The molecule has 0 radical (unpaired) electrons. The summed E-state index contributed by atoms with van der Waals surface area (Å²) in [6.45, 7) is 5.04. The monoisotopic (exact) mass is 432 g/mol. The van der Waals surface area contributed by atoms with E-state index in [2.05, 4.69) is 20.8 Å². The average Bonchev–Trinajstić information content (AvgIpc) is 3.10. The van der Waals surface area contributed by atoms with E-state index in [1.807, 2.05) is 0 Å². The summed E-state index contributed by atoms with van der Waals surface area (Å²) in [6, 6.07) is 6.93. The summed E-state index contributed by atoms with van der Waals surface area (Å²) in [6.07, 6.45) is 0. The lowest BCUT2D eigenvalue weighted by molar-refractivity contribution is 0.102. The zero-order chi connectivity index (χ0) is 22.2. The van der Waals surface area contributed by atoms with Crippen LogP contribution in [-0.2, 0) is 10.0 Å². The van der Waals surface area contributed by atoms with Crippen molar-refractivity contribution in [1.29, 1.82) is 0 Å². The summed E-state index contributed by atoms with van der Waals surface area (Å²) in [4.78, 5) is 12.9. The molecule has 0 saturated carbocycles. The smallest absolute Gasteiger partial charge is 0.255 e. The molecule has 9 nitrogen and oxygen atoms in total. The molecular weight excluding hydrogens is 411 g/mol. The van der Waals surface area contributed by atoms with Gasteiger partial charge < -0.3 is 5.32 Å². The van der Waals surface area contributed by atoms with Crippen LogP contribution in [0.1, 0.15) is 27.3 Å². The molecular formula is C19H21FN6O3S. The van der Waals surface area contributed by atoms with Crippen LogP contribution in [0.25, 0.3) is 5.69 Å². The van der Waals surface area contributed by atoms with Crippen LogP contribution in [-0.4, -0.2) is 52.9 Å². The normalized spacial score (nSPS) is 11.7. The van der Waals surface area contributed by atoms with Gasteiger partial charge in [-0.15, -0.1) is 5.10 Å². The Labute approximate surface area is 173 Å². The lowest BCUT2D eigenvalue weighted by Gasteiger charge is -2.16. The largest absolute Gasteiger partial charge is 0.322 e. The molecule has 0 spiro atoms. The van der Waals surface area contributed by atoms with Crippen molar-refractivity contribution in [3.05, 3.63) is 58.7 Å². The molecule has 1 N–H and O–H groups in total. The van der Waals surface area contributed by atoms with Crippen molar-refractivity contribution in [2.45, 2.75) is 25.7 Å². The molecule has 2 aromatic carbocycles. The standard InChI is InChI=1S/C19H21FN6O3S/c1-11-8-14(9-18(12(11)2)30(28,29)25(4)5)19(27)21-15-6-7-16(20)17(10-15)26-13(3)22-23-24-26/h6-10H,1-5H3,(H,21,27). The molecule has 0 bridgehead atoms. The van der Waals surface area contributed by atoms with Gasteiger partial charge in [0.05, 0.1) is 4.90 Å². The van der Waals surface area contributed by atoms with Crippen molar-refractivity contribution >= 4 is 21.6 Å². The van der Waals surface area contributed by atoms with Crippen LogP contribution >= 0.6 is 0 Å². The number of aryl methyl sites for hydroxylation is 2. The van der Waals surface area contributed by atoms with Crippen LogP contribution in [0, 0.1) is 26.6 Å². The second-order valence-electron chi connectivity index (χ2n) is 6.96. The molecule has 0 fully saturated rings. The van der Waals surface area contributed by atoms with Crippen molar-refractivity contribution in [2.75, 3.05) is 19.4 Å². The molecule has 3 aromatic rings. The Kier molecular flexibility index (Phi) is 5.68. The summed E-state index contributed by atoms with van der Waals surface area (Å²) >= 11 is 0. The van der Waals surface area contributed by atoms with Gasteiger partial charge in [-0.2, -0.15) is 4.68 Å². The lowest BCUT2D eigenvalue weighted by Crippen LogP contribution is -2.24. The van der Waals surface area contributed by atoms with Gasteiger partial charge in [-0.25, -0.2) is 17.1 Å². The maximum atomic E-state index is 14.2. The van der Waals surface area contributed by atoms with Crippen molar-refractivity contribution < 1.29 is 17.6 Å². The van der Waals surface area contributed by atoms with E-state index < -0.39 is 21.7 Å². The molecule has 30 heavy (non-hydrogen) atoms. The first-order valence-corrected chi connectivity index (χ1v) is 10.4. The van der Waals surface area contributed by atoms with E-state index in [0.29, 0.717) is 22.6 Å². The molecule has 0 aliphatic rings. The predicted molar refractivity (Wildman–Crippen MR) is 109 cm³/mol. The average molecular weight is 432 g/mol. The molecule has 0 saturated heterocycles. The Morgan fingerprint density at radius 3 is 2.43 bits per heavy atom. The van der Waals surface area contributed by atoms with Crippen LogP contribution in [0.2, 0.25) is 0 Å². The third-order valence-corrected chi connectivity index (χ3v) is 6.64. The number of aromatic nitrogens is 4. The number of amides is 1. The number of sulfonamides is 1. The number of hydrogen-bond donors (Lipinski definition) is 1. The zero-order valence-corrected chi connectivity index (χ0v) is 18.0. The van der Waals surface area contributed by atoms with Crippen molar-refractivity contribution in [1.82, 2.24) is 24.5 Å². The Bertz CT molecular complexity index is 1240. The van der Waals surface area contributed by atoms with Crippen molar-refractivity contribution in [3.63, 3.8) is 0 Å². The third kappa shape index (κ3) is 3.94. The van der Waals surface area contributed by atoms with Gasteiger partial charge in [0.1, 0.15) is 11.5 Å². The molecule has 0 unspecified atom stereocenters. The summed E-state index contributed by atoms with van der Waals surface area (Å²) in [5.74, 6) is -0.710. The fraction of sp³-hybridized carbons (Fsp3) is 0.263. The number of carbonyl (C=O) groups is 1. The van der Waals surface area contributed by atoms with E-state index in [1.54, 1.807) is 26.8 Å². The third-order valence-electron chi connectivity index (χ3n) is 4.70. The second kappa shape index (κ2) is 7.92. The van der Waals surface area contributed by atoms with E-state index in [9.17, 15) is 17.6 Å². The number of carbonyl (C=O) groups excluding carboxylic acids is 1. The van der Waals surface area contributed by atoms with Gasteiger partial charge in [-0.05, 0) is 72.7 Å². The van der Waals surface area contributed by atoms with Gasteiger partial charge in [0, 0.05) is 25.3 Å². The van der Waals surface area contributed by atoms with Gasteiger partial charge in [0.2, 0.25) is 10.0 Å². The molecule has 11 heteroatoms. The van der Waals surface area contributed by atoms with E-state index in [1.165, 1.54) is 43.0 Å². The van der Waals surface area contributed by atoms with E-state index in [0.717, 1.165) is 4.31 Å². The van der Waals surface area contributed by atoms with Gasteiger partial charge in [-0.1, -0.05) is 0 Å². The predicted octanol–water partition coefficient (Wildman–Crippen LogP) is 2.23. The molecule has 1 aromatic heterocycles. The molecule has 3 rings (SSSR count). The zero-order valence-electron chi connectivity index (χ0n) is 17.1. The Morgan fingerprint density at radius 1 is 1.13 bits per heavy atom. The minimum atomic E-state index is -3.73. The van der Waals surface area contributed by atoms with Crippen LogP contribution in [0.3, 0.4) is 0 Å². The van der Waals surface area contributed by atoms with Crippen molar-refractivity contribution in [2.24, 2.45) is 0 Å². The fourth-order valence-electron chi connectivity index (χ4n) is 2.83. The van der Waals surface area contributed by atoms with Crippen molar-refractivity contribution in [3.8, 4) is 5.69 Å². The molecule has 0 aliphatic carbocycles. The number of nitrogens with one attached hydrogen (secondary N) is 1. The highest BCUT2D eigenvalue weighted by Gasteiger charge is 2.23. The lowest BCUT2D eigenvalue weighted by atomic mass is 10.1. The minimum absolute atomic E-state index is 0.0572. The van der Waals surface area contributed by atoms with E-state index in [-0.39, 0.29) is 16.1 Å². The van der Waals surface area contributed by atoms with E-state index >= 15 is 0 Å². The van der Waals surface area contributed by atoms with Gasteiger partial charge >= 0.3 is 0 Å². The van der Waals surface area contributed by atoms with Gasteiger partial charge in [-0.3, -0.25) is 4.79 Å². The first-order valence-electron chi connectivity index (χ1n) is 8.92. The summed E-state index contributed by atoms with van der Waals surface area (Å²) < 4.78 is 41.8. The highest BCUT2D eigenvalue weighted by Crippen LogP contribution is 2.25. The number of hydrogen-bond acceptors (Lipinski definition) is 6. The van der Waals surface area contributed by atoms with Gasteiger partial charge in [0.15, 0.2) is 5.82 Å². The summed E-state index contributed by atoms with van der Waals surface area (Å²) in [7, 11) is -0.870. The number of anilines is 1. The maximum Gasteiger partial charge on any atom is 0.255 e. The first kappa shape index (κ1) is 21.5. The quantitative estimate of drug-likeness (QED) is 0.662. The van der Waals surface area contributed by atoms with Crippen LogP contribution in [0.5, 0.6) is 0 Å². The minimum Gasteiger partial charge on any atom is -0.322 e. The Balaban J connectivity index is 1.98.